The van der Waals surface area contributed by atoms with Crippen molar-refractivity contribution in [1.29, 1.82) is 0 Å². The van der Waals surface area contributed by atoms with Crippen LogP contribution in [0.4, 0.5) is 0 Å². The Bertz CT molecular complexity index is 927. The van der Waals surface area contributed by atoms with Gasteiger partial charge in [-0.1, -0.05) is 59.6 Å². The van der Waals surface area contributed by atoms with Gasteiger partial charge in [-0.2, -0.15) is 0 Å². The SMILES string of the molecule is CCOc1ccc(/C(=C(/CCCl)c2ccc(Cl)cc2)c2ccc(Cl)cc2)cc1. The predicted molar refractivity (Wildman–Crippen MR) is 122 cm³/mol. The van der Waals surface area contributed by atoms with Crippen LogP contribution < -0.4 is 4.74 Å². The molecule has 0 heterocycles. The molecule has 0 N–H and O–H groups in total. The first-order chi connectivity index (χ1) is 13.6. The molecule has 4 heteroatoms. The molecule has 0 aliphatic heterocycles. The molecule has 0 bridgehead atoms. The first-order valence-electron chi connectivity index (χ1n) is 9.16. The molecule has 3 aromatic carbocycles. The monoisotopic (exact) mass is 430 g/mol. The Kier molecular flexibility index (Phi) is 7.44. The summed E-state index contributed by atoms with van der Waals surface area (Å²) >= 11 is 18.4. The van der Waals surface area contributed by atoms with Crippen molar-refractivity contribution in [3.8, 4) is 5.75 Å². The second kappa shape index (κ2) is 10.0. The first kappa shape index (κ1) is 20.8. The van der Waals surface area contributed by atoms with E-state index in [1.165, 1.54) is 0 Å². The summed E-state index contributed by atoms with van der Waals surface area (Å²) in [7, 11) is 0. The highest BCUT2D eigenvalue weighted by Crippen LogP contribution is 2.36. The third-order valence-corrected chi connectivity index (χ3v) is 5.12. The maximum absolute atomic E-state index is 6.19. The summed E-state index contributed by atoms with van der Waals surface area (Å²) in [6, 6.07) is 23.9. The van der Waals surface area contributed by atoms with E-state index in [1.54, 1.807) is 0 Å². The van der Waals surface area contributed by atoms with E-state index in [1.807, 2.05) is 67.6 Å². The summed E-state index contributed by atoms with van der Waals surface area (Å²) in [5.41, 5.74) is 5.58. The fraction of sp³-hybridized carbons (Fsp3) is 0.167. The zero-order valence-corrected chi connectivity index (χ0v) is 17.9. The Morgan fingerprint density at radius 1 is 0.714 bits per heavy atom. The molecule has 0 saturated heterocycles. The van der Waals surface area contributed by atoms with Crippen LogP contribution in [0, 0.1) is 0 Å². The topological polar surface area (TPSA) is 9.23 Å². The van der Waals surface area contributed by atoms with E-state index < -0.39 is 0 Å². The number of hydrogen-bond donors (Lipinski definition) is 0. The Labute approximate surface area is 181 Å². The second-order valence-electron chi connectivity index (χ2n) is 6.26. The van der Waals surface area contributed by atoms with Gasteiger partial charge in [-0.05, 0) is 77.6 Å². The van der Waals surface area contributed by atoms with Gasteiger partial charge in [0.25, 0.3) is 0 Å². The Morgan fingerprint density at radius 3 is 1.64 bits per heavy atom. The number of benzene rings is 3. The molecule has 0 saturated carbocycles. The molecule has 0 unspecified atom stereocenters. The van der Waals surface area contributed by atoms with Crippen LogP contribution in [-0.4, -0.2) is 12.5 Å². The molecule has 28 heavy (non-hydrogen) atoms. The van der Waals surface area contributed by atoms with Crippen molar-refractivity contribution in [2.75, 3.05) is 12.5 Å². The number of hydrogen-bond acceptors (Lipinski definition) is 1. The van der Waals surface area contributed by atoms with E-state index in [9.17, 15) is 0 Å². The van der Waals surface area contributed by atoms with Gasteiger partial charge in [0.1, 0.15) is 5.75 Å². The van der Waals surface area contributed by atoms with Crippen molar-refractivity contribution in [3.05, 3.63) is 99.5 Å². The molecule has 0 amide bonds. The average Bonchev–Trinajstić information content (AvgIpc) is 2.71. The summed E-state index contributed by atoms with van der Waals surface area (Å²) in [6.07, 6.45) is 0.731. The number of rotatable bonds is 7. The van der Waals surface area contributed by atoms with Gasteiger partial charge in [-0.15, -0.1) is 11.6 Å². The van der Waals surface area contributed by atoms with Gasteiger partial charge in [-0.25, -0.2) is 0 Å². The van der Waals surface area contributed by atoms with Crippen molar-refractivity contribution in [2.45, 2.75) is 13.3 Å². The number of halogens is 3. The molecule has 3 rings (SSSR count). The van der Waals surface area contributed by atoms with Gasteiger partial charge < -0.3 is 4.74 Å². The van der Waals surface area contributed by atoms with Crippen LogP contribution in [0.5, 0.6) is 5.75 Å². The van der Waals surface area contributed by atoms with Crippen LogP contribution in [-0.2, 0) is 0 Å². The fourth-order valence-electron chi connectivity index (χ4n) is 3.18. The standard InChI is InChI=1S/C24H21Cl3O/c1-2-28-22-13-7-19(8-14-22)24(18-5-11-21(27)12-6-18)23(15-16-25)17-3-9-20(26)10-4-17/h3-14H,2,15-16H2,1H3/b24-23-. The van der Waals surface area contributed by atoms with Gasteiger partial charge in [0, 0.05) is 15.9 Å². The molecule has 0 atom stereocenters. The van der Waals surface area contributed by atoms with E-state index >= 15 is 0 Å². The maximum atomic E-state index is 6.19. The minimum absolute atomic E-state index is 0.520. The highest BCUT2D eigenvalue weighted by atomic mass is 35.5. The van der Waals surface area contributed by atoms with Crippen LogP contribution in [0.2, 0.25) is 10.0 Å². The predicted octanol–water partition coefficient (Wildman–Crippen LogP) is 7.98. The molecule has 144 valence electrons. The number of allylic oxidation sites excluding steroid dienone is 1. The van der Waals surface area contributed by atoms with Gasteiger partial charge >= 0.3 is 0 Å². The molecule has 0 spiro atoms. The summed E-state index contributed by atoms with van der Waals surface area (Å²) in [4.78, 5) is 0. The third kappa shape index (κ3) is 5.11. The van der Waals surface area contributed by atoms with Crippen LogP contribution in [0.3, 0.4) is 0 Å². The number of alkyl halides is 1. The first-order valence-corrected chi connectivity index (χ1v) is 10.5. The van der Waals surface area contributed by atoms with Crippen LogP contribution >= 0.6 is 34.8 Å². The van der Waals surface area contributed by atoms with Crippen LogP contribution in [0.25, 0.3) is 11.1 Å². The maximum Gasteiger partial charge on any atom is 0.119 e. The zero-order valence-electron chi connectivity index (χ0n) is 15.6. The van der Waals surface area contributed by atoms with Crippen molar-refractivity contribution < 1.29 is 4.74 Å². The number of ether oxygens (including phenoxy) is 1. The third-order valence-electron chi connectivity index (χ3n) is 4.43. The quantitative estimate of drug-likeness (QED) is 0.272. The van der Waals surface area contributed by atoms with Gasteiger partial charge in [-0.3, -0.25) is 0 Å². The lowest BCUT2D eigenvalue weighted by atomic mass is 9.88. The lowest BCUT2D eigenvalue weighted by molar-refractivity contribution is 0.340. The van der Waals surface area contributed by atoms with E-state index in [-0.39, 0.29) is 0 Å². The lowest BCUT2D eigenvalue weighted by Gasteiger charge is -2.17. The molecule has 0 radical (unpaired) electrons. The summed E-state index contributed by atoms with van der Waals surface area (Å²) in [5, 5.41) is 1.42. The molecular weight excluding hydrogens is 411 g/mol. The summed E-state index contributed by atoms with van der Waals surface area (Å²) < 4.78 is 5.60. The summed E-state index contributed by atoms with van der Waals surface area (Å²) in [5.74, 6) is 1.37. The largest absolute Gasteiger partial charge is 0.494 e. The van der Waals surface area contributed by atoms with E-state index in [2.05, 4.69) is 12.1 Å². The Balaban J connectivity index is 2.21. The Morgan fingerprint density at radius 2 is 1.18 bits per heavy atom. The van der Waals surface area contributed by atoms with Crippen molar-refractivity contribution in [3.63, 3.8) is 0 Å². The summed E-state index contributed by atoms with van der Waals surface area (Å²) in [6.45, 7) is 2.62. The zero-order chi connectivity index (χ0) is 19.9. The molecule has 0 aliphatic carbocycles. The van der Waals surface area contributed by atoms with E-state index in [0.717, 1.165) is 40.0 Å². The molecular formula is C24H21Cl3O. The van der Waals surface area contributed by atoms with Crippen molar-refractivity contribution >= 4 is 45.9 Å². The highest BCUT2D eigenvalue weighted by molar-refractivity contribution is 6.31. The van der Waals surface area contributed by atoms with Crippen molar-refractivity contribution in [2.24, 2.45) is 0 Å². The molecule has 0 aliphatic rings. The molecule has 3 aromatic rings. The normalized spacial score (nSPS) is 11.9. The van der Waals surface area contributed by atoms with E-state index in [0.29, 0.717) is 22.5 Å². The van der Waals surface area contributed by atoms with Crippen molar-refractivity contribution in [1.82, 2.24) is 0 Å². The fourth-order valence-corrected chi connectivity index (χ4v) is 3.62. The van der Waals surface area contributed by atoms with Gasteiger partial charge in [0.15, 0.2) is 0 Å². The average molecular weight is 432 g/mol. The van der Waals surface area contributed by atoms with Gasteiger partial charge in [0.05, 0.1) is 6.61 Å². The van der Waals surface area contributed by atoms with Crippen LogP contribution in [0.15, 0.2) is 72.8 Å². The smallest absolute Gasteiger partial charge is 0.119 e. The van der Waals surface area contributed by atoms with Gasteiger partial charge in [0.2, 0.25) is 0 Å². The Hall–Kier alpha value is -1.93. The molecule has 1 nitrogen and oxygen atoms in total. The molecule has 0 aromatic heterocycles. The lowest BCUT2D eigenvalue weighted by Crippen LogP contribution is -1.97. The van der Waals surface area contributed by atoms with E-state index in [4.69, 9.17) is 39.5 Å². The second-order valence-corrected chi connectivity index (χ2v) is 7.51. The molecule has 0 fully saturated rings. The minimum Gasteiger partial charge on any atom is -0.494 e. The minimum atomic E-state index is 0.520. The van der Waals surface area contributed by atoms with Crippen LogP contribution in [0.1, 0.15) is 30.0 Å². The highest BCUT2D eigenvalue weighted by Gasteiger charge is 2.14.